The Kier molecular flexibility index (Phi) is 12.1. The van der Waals surface area contributed by atoms with Crippen LogP contribution in [0.25, 0.3) is 0 Å². The van der Waals surface area contributed by atoms with Crippen molar-refractivity contribution in [1.82, 2.24) is 5.43 Å². The predicted octanol–water partition coefficient (Wildman–Crippen LogP) is 10.8. The highest BCUT2D eigenvalue weighted by atomic mass is 35.5. The zero-order valence-corrected chi connectivity index (χ0v) is 31.2. The average Bonchev–Trinajstić information content (AvgIpc) is 3.35. The first-order valence-electron chi connectivity index (χ1n) is 16.0. The number of aliphatic imine (C=N–C) groups is 1. The number of aryl methyl sites for hydroxylation is 4. The van der Waals surface area contributed by atoms with Crippen molar-refractivity contribution in [3.8, 4) is 5.75 Å². The summed E-state index contributed by atoms with van der Waals surface area (Å²) in [4.78, 5) is 32.1. The molecule has 2 unspecified atom stereocenters. The van der Waals surface area contributed by atoms with Gasteiger partial charge in [0.25, 0.3) is 11.8 Å². The maximum Gasteiger partial charge on any atom is 0.280 e. The molecule has 0 saturated carbocycles. The van der Waals surface area contributed by atoms with E-state index in [9.17, 15) is 9.59 Å². The second-order valence-corrected chi connectivity index (χ2v) is 13.7. The Morgan fingerprint density at radius 2 is 1.64 bits per heavy atom. The number of amides is 2. The third-order valence-corrected chi connectivity index (χ3v) is 9.20. The second-order valence-electron chi connectivity index (χ2n) is 12.1. The topological polar surface area (TPSA) is 108 Å². The number of benzene rings is 4. The molecule has 2 amide bonds. The number of carbonyl (C=O) groups is 2. The molecule has 0 aliphatic carbocycles. The van der Waals surface area contributed by atoms with Crippen LogP contribution in [0.2, 0.25) is 20.1 Å². The number of carbonyl (C=O) groups excluding carboxylic acids is 2. The van der Waals surface area contributed by atoms with Crippen LogP contribution in [0, 0.1) is 27.7 Å². The molecule has 2 atom stereocenters. The van der Waals surface area contributed by atoms with E-state index in [1.54, 1.807) is 24.3 Å². The summed E-state index contributed by atoms with van der Waals surface area (Å²) in [5.41, 5.74) is 8.58. The molecule has 1 aliphatic heterocycles. The highest BCUT2D eigenvalue weighted by Crippen LogP contribution is 2.38. The van der Waals surface area contributed by atoms with Crippen molar-refractivity contribution in [1.29, 1.82) is 0 Å². The number of hydrogen-bond donors (Lipinski definition) is 2. The molecule has 1 fully saturated rings. The first-order chi connectivity index (χ1) is 23.8. The van der Waals surface area contributed by atoms with E-state index in [4.69, 9.17) is 56.1 Å². The lowest BCUT2D eigenvalue weighted by atomic mass is 10.1. The summed E-state index contributed by atoms with van der Waals surface area (Å²) < 4.78 is 6.21. The average molecular weight is 755 g/mol. The van der Waals surface area contributed by atoms with Crippen LogP contribution in [-0.4, -0.2) is 29.8 Å². The fourth-order valence-corrected chi connectivity index (χ4v) is 6.38. The first kappa shape index (κ1) is 37.1. The van der Waals surface area contributed by atoms with Gasteiger partial charge < -0.3 is 10.1 Å². The summed E-state index contributed by atoms with van der Waals surface area (Å²) in [7, 11) is 0. The minimum absolute atomic E-state index is 0.106. The number of rotatable bonds is 11. The van der Waals surface area contributed by atoms with E-state index < -0.39 is 18.1 Å². The number of hydrogen-bond acceptors (Lipinski definition) is 6. The van der Waals surface area contributed by atoms with Crippen LogP contribution in [0.15, 0.2) is 82.0 Å². The molecule has 0 spiro atoms. The fraction of sp³-hybridized carbons (Fsp3) is 0.270. The maximum absolute atomic E-state index is 13.9. The van der Waals surface area contributed by atoms with Gasteiger partial charge in [0.15, 0.2) is 11.9 Å². The highest BCUT2D eigenvalue weighted by molar-refractivity contribution is 6.43. The fourth-order valence-electron chi connectivity index (χ4n) is 5.23. The van der Waals surface area contributed by atoms with Crippen molar-refractivity contribution in [2.75, 3.05) is 10.3 Å². The van der Waals surface area contributed by atoms with Gasteiger partial charge in [-0.2, -0.15) is 10.2 Å². The lowest BCUT2D eigenvalue weighted by molar-refractivity contribution is -0.123. The van der Waals surface area contributed by atoms with Gasteiger partial charge >= 0.3 is 0 Å². The third-order valence-electron chi connectivity index (χ3n) is 8.09. The molecule has 0 aromatic heterocycles. The number of nitrogens with zero attached hydrogens (tertiary/aromatic N) is 4. The number of anilines is 2. The summed E-state index contributed by atoms with van der Waals surface area (Å²) in [6.45, 7) is 9.97. The summed E-state index contributed by atoms with van der Waals surface area (Å²) in [6.07, 6.45) is 1.51. The molecular formula is C37H36Cl4N6O3. The van der Waals surface area contributed by atoms with Crippen molar-refractivity contribution in [2.24, 2.45) is 15.2 Å². The molecule has 1 saturated heterocycles. The third kappa shape index (κ3) is 8.76. The number of azo groups is 1. The summed E-state index contributed by atoms with van der Waals surface area (Å²) in [5, 5.41) is 13.7. The van der Waals surface area contributed by atoms with E-state index in [1.165, 1.54) is 12.1 Å². The molecule has 4 aromatic rings. The Labute approximate surface area is 311 Å². The molecule has 50 heavy (non-hydrogen) atoms. The number of hydrazine groups is 1. The van der Waals surface area contributed by atoms with Gasteiger partial charge in [-0.1, -0.05) is 83.5 Å². The molecule has 0 bridgehead atoms. The van der Waals surface area contributed by atoms with E-state index in [-0.39, 0.29) is 38.2 Å². The highest BCUT2D eigenvalue weighted by Gasteiger charge is 2.41. The molecule has 5 rings (SSSR count). The zero-order valence-electron chi connectivity index (χ0n) is 28.2. The number of halogens is 4. The number of amidine groups is 1. The van der Waals surface area contributed by atoms with Crippen LogP contribution < -0.4 is 20.5 Å². The molecule has 4 aromatic carbocycles. The number of nitrogens with one attached hydrogen (secondary N) is 2. The van der Waals surface area contributed by atoms with Gasteiger partial charge in [-0.15, -0.1) is 0 Å². The van der Waals surface area contributed by atoms with Crippen molar-refractivity contribution >= 4 is 86.8 Å². The van der Waals surface area contributed by atoms with Crippen molar-refractivity contribution in [3.63, 3.8) is 0 Å². The molecule has 1 heterocycles. The summed E-state index contributed by atoms with van der Waals surface area (Å²) in [6, 6.07) is 18.1. The van der Waals surface area contributed by atoms with E-state index in [0.29, 0.717) is 28.6 Å². The number of ether oxygens (including phenoxy) is 1. The quantitative estimate of drug-likeness (QED) is 0.149. The molecule has 9 nitrogen and oxygen atoms in total. The molecule has 260 valence electrons. The van der Waals surface area contributed by atoms with E-state index in [2.05, 4.69) is 27.9 Å². The van der Waals surface area contributed by atoms with Gasteiger partial charge in [0, 0.05) is 10.7 Å². The van der Waals surface area contributed by atoms with Crippen molar-refractivity contribution in [2.45, 2.75) is 66.0 Å². The zero-order chi connectivity index (χ0) is 36.1. The van der Waals surface area contributed by atoms with Crippen LogP contribution in [0.1, 0.15) is 48.4 Å². The molecule has 2 N–H and O–H groups in total. The summed E-state index contributed by atoms with van der Waals surface area (Å²) >= 11 is 25.7. The largest absolute Gasteiger partial charge is 0.480 e. The Balaban J connectivity index is 1.47. The van der Waals surface area contributed by atoms with Crippen LogP contribution >= 0.6 is 46.4 Å². The SMILES string of the molecule is CCCCC(Oc1ccc(C)cc1C)C(=O)Nc1ccc(Cl)c(N=C2NN(c3c(Cl)cc(Cl)cc3Cl)C(=O)C2N=Nc2ccc(C)c(C)c2)c1. The lowest BCUT2D eigenvalue weighted by Crippen LogP contribution is -2.36. The Morgan fingerprint density at radius 3 is 2.32 bits per heavy atom. The predicted molar refractivity (Wildman–Crippen MR) is 203 cm³/mol. The Bertz CT molecular complexity index is 1980. The van der Waals surface area contributed by atoms with Crippen molar-refractivity contribution in [3.05, 3.63) is 109 Å². The summed E-state index contributed by atoms with van der Waals surface area (Å²) in [5.74, 6) is -0.0929. The number of unbranched alkanes of at least 4 members (excludes halogenated alkanes) is 1. The molecule has 0 radical (unpaired) electrons. The Morgan fingerprint density at radius 1 is 0.900 bits per heavy atom. The van der Waals surface area contributed by atoms with Crippen LogP contribution in [0.3, 0.4) is 0 Å². The maximum atomic E-state index is 13.9. The van der Waals surface area contributed by atoms with Crippen molar-refractivity contribution < 1.29 is 14.3 Å². The van der Waals surface area contributed by atoms with Gasteiger partial charge in [-0.3, -0.25) is 15.0 Å². The first-order valence-corrected chi connectivity index (χ1v) is 17.5. The second kappa shape index (κ2) is 16.2. The van der Waals surface area contributed by atoms with Gasteiger partial charge in [0.05, 0.1) is 26.4 Å². The van der Waals surface area contributed by atoms with Crippen LogP contribution in [-0.2, 0) is 9.59 Å². The Hall–Kier alpha value is -4.15. The van der Waals surface area contributed by atoms with Crippen LogP contribution in [0.5, 0.6) is 5.75 Å². The van der Waals surface area contributed by atoms with E-state index in [0.717, 1.165) is 40.1 Å². The minimum Gasteiger partial charge on any atom is -0.480 e. The molecule has 13 heteroatoms. The smallest absolute Gasteiger partial charge is 0.280 e. The van der Waals surface area contributed by atoms with Gasteiger partial charge in [-0.05, 0) is 106 Å². The molecule has 1 aliphatic rings. The standard InChI is InChI=1S/C37H36Cl4N6O3/c1-6-7-8-32(50-31-14-9-20(2)15-23(31)5)36(48)42-25-12-13-27(39)30(19-25)43-35-33(45-44-26-11-10-21(3)22(4)16-26)37(49)47(46-35)34-28(40)17-24(38)18-29(34)41/h9-19,32-33H,6-8H2,1-5H3,(H,42,48)(H,43,46). The minimum atomic E-state index is -1.21. The van der Waals surface area contributed by atoms with Gasteiger partial charge in [-0.25, -0.2) is 10.0 Å². The normalized spacial score (nSPS) is 15.9. The van der Waals surface area contributed by atoms with Gasteiger partial charge in [0.1, 0.15) is 11.4 Å². The van der Waals surface area contributed by atoms with E-state index in [1.807, 2.05) is 58.0 Å². The molecular weight excluding hydrogens is 718 g/mol. The van der Waals surface area contributed by atoms with Crippen LogP contribution in [0.4, 0.5) is 22.7 Å². The van der Waals surface area contributed by atoms with Gasteiger partial charge in [0.2, 0.25) is 6.04 Å². The lowest BCUT2D eigenvalue weighted by Gasteiger charge is -2.20. The van der Waals surface area contributed by atoms with E-state index >= 15 is 0 Å². The monoisotopic (exact) mass is 752 g/mol.